The molecule has 0 aromatic heterocycles. The third-order valence-corrected chi connectivity index (χ3v) is 2.08. The third-order valence-electron chi connectivity index (χ3n) is 1.58. The Morgan fingerprint density at radius 2 is 2.25 bits per heavy atom. The zero-order valence-corrected chi connectivity index (χ0v) is 8.58. The molecule has 0 spiro atoms. The highest BCUT2D eigenvalue weighted by Crippen LogP contribution is 2.12. The number of rotatable bonds is 3. The van der Waals surface area contributed by atoms with Gasteiger partial charge in [0.1, 0.15) is 0 Å². The molecule has 0 aliphatic carbocycles. The third kappa shape index (κ3) is 2.93. The molecule has 0 fully saturated rings. The fourth-order valence-corrected chi connectivity index (χ4v) is 1.44. The number of aliphatic hydroxyl groups is 1. The molecular formula is C9H12BrNO. The molecule has 0 aliphatic heterocycles. The van der Waals surface area contributed by atoms with Crippen LogP contribution in [0.1, 0.15) is 5.56 Å². The number of halogens is 1. The van der Waals surface area contributed by atoms with Crippen LogP contribution in [-0.2, 0) is 6.54 Å². The van der Waals surface area contributed by atoms with Gasteiger partial charge in [-0.3, -0.25) is 4.90 Å². The van der Waals surface area contributed by atoms with Crippen molar-refractivity contribution in [3.05, 3.63) is 34.3 Å². The molecule has 0 bridgehead atoms. The van der Waals surface area contributed by atoms with Gasteiger partial charge in [-0.2, -0.15) is 0 Å². The summed E-state index contributed by atoms with van der Waals surface area (Å²) in [5.41, 5.74) is 1.20. The van der Waals surface area contributed by atoms with Gasteiger partial charge >= 0.3 is 0 Å². The van der Waals surface area contributed by atoms with E-state index < -0.39 is 0 Å². The second-order valence-corrected chi connectivity index (χ2v) is 3.70. The van der Waals surface area contributed by atoms with Gasteiger partial charge in [0.15, 0.2) is 0 Å². The summed E-state index contributed by atoms with van der Waals surface area (Å²) in [4.78, 5) is 1.84. The van der Waals surface area contributed by atoms with E-state index >= 15 is 0 Å². The zero-order chi connectivity index (χ0) is 8.97. The quantitative estimate of drug-likeness (QED) is 0.800. The first kappa shape index (κ1) is 9.71. The number of nitrogens with zero attached hydrogens (tertiary/aromatic N) is 1. The van der Waals surface area contributed by atoms with Gasteiger partial charge in [0.05, 0.1) is 6.73 Å². The molecule has 12 heavy (non-hydrogen) atoms. The van der Waals surface area contributed by atoms with Gasteiger partial charge < -0.3 is 5.11 Å². The lowest BCUT2D eigenvalue weighted by atomic mass is 10.2. The van der Waals surface area contributed by atoms with Crippen molar-refractivity contribution < 1.29 is 5.11 Å². The van der Waals surface area contributed by atoms with Crippen LogP contribution in [0.25, 0.3) is 0 Å². The molecule has 1 aromatic carbocycles. The summed E-state index contributed by atoms with van der Waals surface area (Å²) in [6, 6.07) is 8.07. The molecule has 0 amide bonds. The summed E-state index contributed by atoms with van der Waals surface area (Å²) in [5.74, 6) is 0. The minimum atomic E-state index is 0.0898. The number of hydrogen-bond acceptors (Lipinski definition) is 2. The van der Waals surface area contributed by atoms with Gasteiger partial charge in [0, 0.05) is 11.0 Å². The van der Waals surface area contributed by atoms with Crippen molar-refractivity contribution in [2.75, 3.05) is 13.8 Å². The van der Waals surface area contributed by atoms with E-state index in [-0.39, 0.29) is 6.73 Å². The molecule has 0 heterocycles. The normalized spacial score (nSPS) is 10.7. The molecule has 2 nitrogen and oxygen atoms in total. The first-order valence-corrected chi connectivity index (χ1v) is 4.55. The van der Waals surface area contributed by atoms with E-state index in [2.05, 4.69) is 15.9 Å². The molecule has 1 N–H and O–H groups in total. The summed E-state index contributed by atoms with van der Waals surface area (Å²) in [7, 11) is 1.88. The lowest BCUT2D eigenvalue weighted by molar-refractivity contribution is 0.127. The molecule has 0 saturated carbocycles. The second-order valence-electron chi connectivity index (χ2n) is 2.79. The van der Waals surface area contributed by atoms with Gasteiger partial charge in [-0.15, -0.1) is 0 Å². The molecule has 1 rings (SSSR count). The second kappa shape index (κ2) is 4.60. The van der Waals surface area contributed by atoms with Crippen LogP contribution in [0, 0.1) is 0 Å². The smallest absolute Gasteiger partial charge is 0.0956 e. The van der Waals surface area contributed by atoms with Crippen LogP contribution in [0.15, 0.2) is 28.7 Å². The first-order valence-electron chi connectivity index (χ1n) is 3.76. The Balaban J connectivity index is 2.63. The molecule has 3 heteroatoms. The lowest BCUT2D eigenvalue weighted by Gasteiger charge is -2.12. The van der Waals surface area contributed by atoms with Crippen molar-refractivity contribution in [1.82, 2.24) is 4.90 Å². The van der Waals surface area contributed by atoms with Gasteiger partial charge in [-0.05, 0) is 24.7 Å². The maximum atomic E-state index is 8.78. The summed E-state index contributed by atoms with van der Waals surface area (Å²) in [5, 5.41) is 8.78. The van der Waals surface area contributed by atoms with Crippen LogP contribution in [0.5, 0.6) is 0 Å². The summed E-state index contributed by atoms with van der Waals surface area (Å²) < 4.78 is 1.08. The topological polar surface area (TPSA) is 23.5 Å². The van der Waals surface area contributed by atoms with Crippen LogP contribution in [0.3, 0.4) is 0 Å². The maximum Gasteiger partial charge on any atom is 0.0956 e. The van der Waals surface area contributed by atoms with Crippen LogP contribution < -0.4 is 0 Å². The van der Waals surface area contributed by atoms with E-state index in [0.717, 1.165) is 11.0 Å². The molecule has 66 valence electrons. The largest absolute Gasteiger partial charge is 0.381 e. The highest BCUT2D eigenvalue weighted by molar-refractivity contribution is 9.10. The zero-order valence-electron chi connectivity index (χ0n) is 7.00. The Hall–Kier alpha value is -0.380. The number of benzene rings is 1. The molecular weight excluding hydrogens is 218 g/mol. The first-order chi connectivity index (χ1) is 5.72. The van der Waals surface area contributed by atoms with E-state index in [1.54, 1.807) is 0 Å². The molecule has 1 aromatic rings. The van der Waals surface area contributed by atoms with Crippen LogP contribution in [0.2, 0.25) is 0 Å². The van der Waals surface area contributed by atoms with E-state index in [1.807, 2.05) is 36.2 Å². The van der Waals surface area contributed by atoms with Gasteiger partial charge in [0.25, 0.3) is 0 Å². The highest BCUT2D eigenvalue weighted by atomic mass is 79.9. The van der Waals surface area contributed by atoms with E-state index in [0.29, 0.717) is 0 Å². The lowest BCUT2D eigenvalue weighted by Crippen LogP contribution is -2.18. The Bertz CT molecular complexity index is 252. The Labute approximate surface area is 80.9 Å². The van der Waals surface area contributed by atoms with Crippen LogP contribution in [0.4, 0.5) is 0 Å². The summed E-state index contributed by atoms with van der Waals surface area (Å²) >= 11 is 3.39. The summed E-state index contributed by atoms with van der Waals surface area (Å²) in [6.07, 6.45) is 0. The van der Waals surface area contributed by atoms with Crippen LogP contribution in [-0.4, -0.2) is 23.8 Å². The van der Waals surface area contributed by atoms with E-state index in [9.17, 15) is 0 Å². The molecule has 0 saturated heterocycles. The average Bonchev–Trinajstić information content (AvgIpc) is 2.04. The van der Waals surface area contributed by atoms with Crippen molar-refractivity contribution >= 4 is 15.9 Å². The Morgan fingerprint density at radius 1 is 1.50 bits per heavy atom. The van der Waals surface area contributed by atoms with Gasteiger partial charge in [0.2, 0.25) is 0 Å². The SMILES string of the molecule is CN(CO)Cc1cccc(Br)c1. The van der Waals surface area contributed by atoms with Crippen molar-refractivity contribution in [1.29, 1.82) is 0 Å². The molecule has 0 unspecified atom stereocenters. The average molecular weight is 230 g/mol. The van der Waals surface area contributed by atoms with E-state index in [4.69, 9.17) is 5.11 Å². The fourth-order valence-electron chi connectivity index (χ4n) is 0.997. The minimum absolute atomic E-state index is 0.0898. The van der Waals surface area contributed by atoms with Crippen molar-refractivity contribution in [3.63, 3.8) is 0 Å². The number of aliphatic hydroxyl groups excluding tert-OH is 1. The number of hydrogen-bond donors (Lipinski definition) is 1. The van der Waals surface area contributed by atoms with Gasteiger partial charge in [-0.25, -0.2) is 0 Å². The van der Waals surface area contributed by atoms with Crippen molar-refractivity contribution in [3.8, 4) is 0 Å². The van der Waals surface area contributed by atoms with Gasteiger partial charge in [-0.1, -0.05) is 28.1 Å². The predicted molar refractivity (Wildman–Crippen MR) is 52.7 cm³/mol. The molecule has 0 aliphatic rings. The van der Waals surface area contributed by atoms with Crippen molar-refractivity contribution in [2.45, 2.75) is 6.54 Å². The standard InChI is InChI=1S/C9H12BrNO/c1-11(7-12)6-8-3-2-4-9(10)5-8/h2-5,12H,6-7H2,1H3. The van der Waals surface area contributed by atoms with E-state index in [1.165, 1.54) is 5.56 Å². The monoisotopic (exact) mass is 229 g/mol. The Morgan fingerprint density at radius 3 is 2.83 bits per heavy atom. The highest BCUT2D eigenvalue weighted by Gasteiger charge is 1.97. The van der Waals surface area contributed by atoms with Crippen molar-refractivity contribution in [2.24, 2.45) is 0 Å². The Kier molecular flexibility index (Phi) is 3.72. The molecule has 0 radical (unpaired) electrons. The predicted octanol–water partition coefficient (Wildman–Crippen LogP) is 1.83. The van der Waals surface area contributed by atoms with Crippen LogP contribution >= 0.6 is 15.9 Å². The summed E-state index contributed by atoms with van der Waals surface area (Å²) in [6.45, 7) is 0.864. The fraction of sp³-hybridized carbons (Fsp3) is 0.333. The molecule has 0 atom stereocenters. The maximum absolute atomic E-state index is 8.78. The minimum Gasteiger partial charge on any atom is -0.381 e.